The van der Waals surface area contributed by atoms with E-state index >= 15 is 0 Å². The lowest BCUT2D eigenvalue weighted by Crippen LogP contribution is -2.25. The van der Waals surface area contributed by atoms with E-state index < -0.39 is 5.97 Å². The minimum atomic E-state index is -1.17. The van der Waals surface area contributed by atoms with Crippen molar-refractivity contribution in [3.8, 4) is 0 Å². The molecular formula is C8H13N3O3. The number of carboxylic acids is 1. The van der Waals surface area contributed by atoms with Crippen molar-refractivity contribution < 1.29 is 14.4 Å². The predicted octanol–water partition coefficient (Wildman–Crippen LogP) is 0.308. The lowest BCUT2D eigenvalue weighted by atomic mass is 10.3. The van der Waals surface area contributed by atoms with Gasteiger partial charge in [-0.15, -0.1) is 0 Å². The summed E-state index contributed by atoms with van der Waals surface area (Å²) >= 11 is 0. The van der Waals surface area contributed by atoms with E-state index in [2.05, 4.69) is 15.5 Å². The number of nitrogens with one attached hydrogen (secondary N) is 1. The normalized spacial score (nSPS) is 10.8. The van der Waals surface area contributed by atoms with Crippen molar-refractivity contribution in [2.24, 2.45) is 0 Å². The lowest BCUT2D eigenvalue weighted by molar-refractivity contribution is 0.0680. The second-order valence-corrected chi connectivity index (χ2v) is 3.18. The molecule has 0 saturated carbocycles. The Morgan fingerprint density at radius 3 is 2.86 bits per heavy atom. The van der Waals surface area contributed by atoms with E-state index in [1.54, 1.807) is 0 Å². The Hall–Kier alpha value is -1.43. The molecule has 0 atom stereocenters. The lowest BCUT2D eigenvalue weighted by Gasteiger charge is -2.04. The molecule has 78 valence electrons. The van der Waals surface area contributed by atoms with Gasteiger partial charge in [0.2, 0.25) is 5.89 Å². The van der Waals surface area contributed by atoms with Gasteiger partial charge in [-0.2, -0.15) is 4.98 Å². The zero-order chi connectivity index (χ0) is 10.6. The van der Waals surface area contributed by atoms with Crippen LogP contribution in [0.4, 0.5) is 0 Å². The van der Waals surface area contributed by atoms with E-state index in [1.165, 1.54) is 0 Å². The van der Waals surface area contributed by atoms with Crippen molar-refractivity contribution in [1.29, 1.82) is 0 Å². The van der Waals surface area contributed by atoms with Crippen LogP contribution in [-0.2, 0) is 6.42 Å². The Kier molecular flexibility index (Phi) is 3.58. The molecule has 6 nitrogen and oxygen atoms in total. The molecule has 1 rings (SSSR count). The standard InChI is InChI=1S/C8H13N3O3/c1-5(2)9-4-3-6-10-7(8(12)13)11-14-6/h5,9H,3-4H2,1-2H3,(H,12,13). The molecule has 0 amide bonds. The fourth-order valence-corrected chi connectivity index (χ4v) is 0.911. The summed E-state index contributed by atoms with van der Waals surface area (Å²) in [7, 11) is 0. The molecule has 0 aliphatic heterocycles. The first-order chi connectivity index (χ1) is 6.59. The largest absolute Gasteiger partial charge is 0.475 e. The van der Waals surface area contributed by atoms with Gasteiger partial charge in [0.05, 0.1) is 0 Å². The third kappa shape index (κ3) is 3.14. The first-order valence-corrected chi connectivity index (χ1v) is 4.39. The van der Waals surface area contributed by atoms with E-state index in [-0.39, 0.29) is 5.82 Å². The van der Waals surface area contributed by atoms with E-state index in [4.69, 9.17) is 9.63 Å². The Morgan fingerprint density at radius 1 is 1.64 bits per heavy atom. The summed E-state index contributed by atoms with van der Waals surface area (Å²) in [6, 6.07) is 0.386. The summed E-state index contributed by atoms with van der Waals surface area (Å²) in [5.74, 6) is -1.11. The molecule has 0 bridgehead atoms. The van der Waals surface area contributed by atoms with Crippen LogP contribution in [0.5, 0.6) is 0 Å². The molecule has 6 heteroatoms. The second-order valence-electron chi connectivity index (χ2n) is 3.18. The highest BCUT2D eigenvalue weighted by Gasteiger charge is 2.12. The number of carboxylic acid groups (broad SMARTS) is 1. The number of rotatable bonds is 5. The maximum Gasteiger partial charge on any atom is 0.377 e. The average Bonchev–Trinajstić information content (AvgIpc) is 2.52. The molecule has 0 unspecified atom stereocenters. The fourth-order valence-electron chi connectivity index (χ4n) is 0.911. The maximum atomic E-state index is 10.4. The molecule has 0 aliphatic carbocycles. The molecule has 0 radical (unpaired) electrons. The highest BCUT2D eigenvalue weighted by Crippen LogP contribution is 1.97. The van der Waals surface area contributed by atoms with Crippen LogP contribution < -0.4 is 5.32 Å². The smallest absolute Gasteiger partial charge is 0.377 e. The summed E-state index contributed by atoms with van der Waals surface area (Å²) < 4.78 is 4.73. The molecule has 1 aromatic heterocycles. The molecule has 14 heavy (non-hydrogen) atoms. The number of aromatic nitrogens is 2. The molecule has 0 fully saturated rings. The molecule has 0 aliphatic rings. The van der Waals surface area contributed by atoms with Gasteiger partial charge < -0.3 is 14.9 Å². The highest BCUT2D eigenvalue weighted by atomic mass is 16.5. The number of hydrogen-bond donors (Lipinski definition) is 2. The van der Waals surface area contributed by atoms with Crippen molar-refractivity contribution >= 4 is 5.97 Å². The van der Waals surface area contributed by atoms with Crippen LogP contribution in [0.2, 0.25) is 0 Å². The van der Waals surface area contributed by atoms with Crippen LogP contribution in [0.15, 0.2) is 4.52 Å². The summed E-state index contributed by atoms with van der Waals surface area (Å²) in [5.41, 5.74) is 0. The molecule has 0 saturated heterocycles. The van der Waals surface area contributed by atoms with Gasteiger partial charge in [0.1, 0.15) is 0 Å². The third-order valence-electron chi connectivity index (χ3n) is 1.55. The average molecular weight is 199 g/mol. The maximum absolute atomic E-state index is 10.4. The van der Waals surface area contributed by atoms with E-state index in [1.807, 2.05) is 13.8 Å². The molecule has 2 N–H and O–H groups in total. The van der Waals surface area contributed by atoms with Crippen LogP contribution in [0.1, 0.15) is 30.4 Å². The minimum Gasteiger partial charge on any atom is -0.475 e. The van der Waals surface area contributed by atoms with Crippen LogP contribution in [0.3, 0.4) is 0 Å². The first kappa shape index (κ1) is 10.6. The molecule has 1 heterocycles. The van der Waals surface area contributed by atoms with Crippen LogP contribution in [0, 0.1) is 0 Å². The van der Waals surface area contributed by atoms with Gasteiger partial charge in [0.25, 0.3) is 5.82 Å². The van der Waals surface area contributed by atoms with E-state index in [0.717, 1.165) is 0 Å². The molecule has 0 spiro atoms. The Bertz CT molecular complexity index is 309. The SMILES string of the molecule is CC(C)NCCc1nc(C(=O)O)no1. The van der Waals surface area contributed by atoms with Crippen LogP contribution >= 0.6 is 0 Å². The van der Waals surface area contributed by atoms with Gasteiger partial charge in [-0.05, 0) is 5.16 Å². The Morgan fingerprint density at radius 2 is 2.36 bits per heavy atom. The molecule has 0 aromatic carbocycles. The summed E-state index contributed by atoms with van der Waals surface area (Å²) in [4.78, 5) is 14.1. The number of aromatic carboxylic acids is 1. The second kappa shape index (κ2) is 4.71. The van der Waals surface area contributed by atoms with Gasteiger partial charge in [0, 0.05) is 19.0 Å². The van der Waals surface area contributed by atoms with Crippen molar-refractivity contribution in [2.45, 2.75) is 26.3 Å². The van der Waals surface area contributed by atoms with Crippen molar-refractivity contribution in [1.82, 2.24) is 15.5 Å². The van der Waals surface area contributed by atoms with E-state index in [0.29, 0.717) is 24.9 Å². The zero-order valence-corrected chi connectivity index (χ0v) is 8.15. The van der Waals surface area contributed by atoms with Crippen LogP contribution in [0.25, 0.3) is 0 Å². The zero-order valence-electron chi connectivity index (χ0n) is 8.15. The van der Waals surface area contributed by atoms with Gasteiger partial charge in [0.15, 0.2) is 0 Å². The number of nitrogens with zero attached hydrogens (tertiary/aromatic N) is 2. The first-order valence-electron chi connectivity index (χ1n) is 4.39. The van der Waals surface area contributed by atoms with Crippen molar-refractivity contribution in [3.05, 3.63) is 11.7 Å². The Labute approximate surface area is 81.3 Å². The van der Waals surface area contributed by atoms with Crippen molar-refractivity contribution in [2.75, 3.05) is 6.54 Å². The predicted molar refractivity (Wildman–Crippen MR) is 48.1 cm³/mol. The topological polar surface area (TPSA) is 88.2 Å². The molecular weight excluding hydrogens is 186 g/mol. The Balaban J connectivity index is 2.40. The summed E-state index contributed by atoms with van der Waals surface area (Å²) in [6.07, 6.45) is 0.540. The van der Waals surface area contributed by atoms with Gasteiger partial charge in [-0.25, -0.2) is 4.79 Å². The molecule has 1 aromatic rings. The number of hydrogen-bond acceptors (Lipinski definition) is 5. The minimum absolute atomic E-state index is 0.287. The van der Waals surface area contributed by atoms with Gasteiger partial charge >= 0.3 is 5.97 Å². The van der Waals surface area contributed by atoms with Gasteiger partial charge in [-0.1, -0.05) is 13.8 Å². The summed E-state index contributed by atoms with van der Waals surface area (Å²) in [6.45, 7) is 4.74. The van der Waals surface area contributed by atoms with E-state index in [9.17, 15) is 4.79 Å². The third-order valence-corrected chi connectivity index (χ3v) is 1.55. The van der Waals surface area contributed by atoms with Crippen molar-refractivity contribution in [3.63, 3.8) is 0 Å². The summed E-state index contributed by atoms with van der Waals surface area (Å²) in [5, 5.41) is 15.0. The fraction of sp³-hybridized carbons (Fsp3) is 0.625. The van der Waals surface area contributed by atoms with Crippen LogP contribution in [-0.4, -0.2) is 33.8 Å². The van der Waals surface area contributed by atoms with Gasteiger partial charge in [-0.3, -0.25) is 0 Å². The highest BCUT2D eigenvalue weighted by molar-refractivity contribution is 5.82. The monoisotopic (exact) mass is 199 g/mol. The number of carbonyl (C=O) groups is 1. The quantitative estimate of drug-likeness (QED) is 0.709.